The summed E-state index contributed by atoms with van der Waals surface area (Å²) in [4.78, 5) is 19.8. The minimum Gasteiger partial charge on any atom is -0.353 e. The normalized spacial score (nSPS) is 12.7. The Hall–Kier alpha value is -4.78. The lowest BCUT2D eigenvalue weighted by atomic mass is 10.0. The van der Waals surface area contributed by atoms with Crippen LogP contribution in [0.5, 0.6) is 0 Å². The number of carbonyl (C=O) groups is 1. The first-order valence-corrected chi connectivity index (χ1v) is 12.8. The number of halogens is 1. The average molecular weight is 520 g/mol. The van der Waals surface area contributed by atoms with E-state index >= 15 is 0 Å². The topological polar surface area (TPSA) is 86.5 Å². The van der Waals surface area contributed by atoms with Crippen LogP contribution in [0.3, 0.4) is 0 Å². The smallest absolute Gasteiger partial charge is 0.226 e. The second-order valence-corrected chi connectivity index (χ2v) is 10.0. The van der Waals surface area contributed by atoms with Crippen LogP contribution in [0.2, 0.25) is 0 Å². The maximum atomic E-state index is 13.9. The number of hydrogen-bond acceptors (Lipinski definition) is 3. The fourth-order valence-electron chi connectivity index (χ4n) is 4.60. The van der Waals surface area contributed by atoms with Crippen molar-refractivity contribution in [2.45, 2.75) is 27.7 Å². The molecule has 0 saturated heterocycles. The molecule has 7 heteroatoms. The van der Waals surface area contributed by atoms with Crippen molar-refractivity contribution in [3.63, 3.8) is 0 Å². The monoisotopic (exact) mass is 519 g/mol. The number of H-pyrrole nitrogens is 2. The number of nitrogens with one attached hydrogen (secondary N) is 3. The van der Waals surface area contributed by atoms with Gasteiger partial charge in [-0.25, -0.2) is 4.39 Å². The minimum atomic E-state index is -0.269. The summed E-state index contributed by atoms with van der Waals surface area (Å²) < 4.78 is 13.9. The molecule has 0 radical (unpaired) electrons. The third-order valence-corrected chi connectivity index (χ3v) is 6.73. The predicted molar refractivity (Wildman–Crippen MR) is 156 cm³/mol. The highest BCUT2D eigenvalue weighted by Gasteiger charge is 2.13. The van der Waals surface area contributed by atoms with E-state index in [9.17, 15) is 9.18 Å². The summed E-state index contributed by atoms with van der Waals surface area (Å²) >= 11 is 0. The number of fused-ring (bicyclic) bond motifs is 1. The SMILES string of the molecule is C=c1c(-c2cc3c(-c4cccc(F)c4)cccc3[nH]2)n[nH]/c1=C(C)/C=C(\C)c1cncc(NC(=O)C(C)C)c1. The fourth-order valence-corrected chi connectivity index (χ4v) is 4.60. The van der Waals surface area contributed by atoms with Crippen LogP contribution in [0.1, 0.15) is 33.3 Å². The zero-order valence-corrected chi connectivity index (χ0v) is 22.4. The lowest BCUT2D eigenvalue weighted by Gasteiger charge is -2.09. The van der Waals surface area contributed by atoms with Crippen LogP contribution in [0.25, 0.3) is 51.1 Å². The molecule has 0 aliphatic heterocycles. The van der Waals surface area contributed by atoms with Crippen LogP contribution < -0.4 is 15.9 Å². The van der Waals surface area contributed by atoms with Crippen LogP contribution in [-0.4, -0.2) is 26.1 Å². The van der Waals surface area contributed by atoms with Gasteiger partial charge in [0.25, 0.3) is 0 Å². The lowest BCUT2D eigenvalue weighted by Crippen LogP contribution is -2.24. The highest BCUT2D eigenvalue weighted by molar-refractivity contribution is 5.98. The summed E-state index contributed by atoms with van der Waals surface area (Å²) in [5.41, 5.74) is 7.75. The van der Waals surface area contributed by atoms with Crippen molar-refractivity contribution >= 4 is 40.2 Å². The van der Waals surface area contributed by atoms with E-state index in [-0.39, 0.29) is 17.6 Å². The van der Waals surface area contributed by atoms with E-state index in [4.69, 9.17) is 0 Å². The Morgan fingerprint density at radius 3 is 2.64 bits per heavy atom. The van der Waals surface area contributed by atoms with Crippen LogP contribution in [0.4, 0.5) is 10.1 Å². The molecule has 39 heavy (non-hydrogen) atoms. The summed E-state index contributed by atoms with van der Waals surface area (Å²) in [6.07, 6.45) is 5.46. The second-order valence-electron chi connectivity index (χ2n) is 10.0. The molecule has 5 aromatic rings. The van der Waals surface area contributed by atoms with Gasteiger partial charge < -0.3 is 10.3 Å². The molecule has 0 bridgehead atoms. The number of aromatic amines is 2. The van der Waals surface area contributed by atoms with Gasteiger partial charge in [-0.15, -0.1) is 0 Å². The van der Waals surface area contributed by atoms with Crippen molar-refractivity contribution in [3.05, 3.63) is 95.0 Å². The molecular weight excluding hydrogens is 489 g/mol. The standard InChI is InChI=1S/C32H30FN5O/c1-18(2)32(39)35-25-14-23(16-34-17-25)19(3)12-20(4)30-21(5)31(38-37-30)29-15-27-26(10-7-11-28(27)36-29)22-8-6-9-24(33)13-22/h6-18,36-37H,5H2,1-4H3,(H,35,39)/b19-12+,30-20+. The summed E-state index contributed by atoms with van der Waals surface area (Å²) in [7, 11) is 0. The maximum absolute atomic E-state index is 13.9. The number of hydrogen-bond donors (Lipinski definition) is 3. The molecule has 0 aliphatic carbocycles. The highest BCUT2D eigenvalue weighted by Crippen LogP contribution is 2.31. The van der Waals surface area contributed by atoms with E-state index < -0.39 is 0 Å². The molecule has 0 atom stereocenters. The molecule has 3 N–H and O–H groups in total. The van der Waals surface area contributed by atoms with Gasteiger partial charge in [-0.1, -0.05) is 50.8 Å². The summed E-state index contributed by atoms with van der Waals surface area (Å²) in [5, 5.41) is 13.2. The van der Waals surface area contributed by atoms with E-state index in [0.29, 0.717) is 5.69 Å². The number of pyridine rings is 1. The van der Waals surface area contributed by atoms with Gasteiger partial charge in [-0.3, -0.25) is 14.9 Å². The molecule has 3 aromatic heterocycles. The predicted octanol–water partition coefficient (Wildman–Crippen LogP) is 6.04. The van der Waals surface area contributed by atoms with Crippen molar-refractivity contribution in [3.8, 4) is 22.5 Å². The second kappa shape index (κ2) is 10.5. The zero-order valence-electron chi connectivity index (χ0n) is 22.4. The molecule has 6 nitrogen and oxygen atoms in total. The first-order chi connectivity index (χ1) is 18.7. The quantitative estimate of drug-likeness (QED) is 0.256. The van der Waals surface area contributed by atoms with Gasteiger partial charge in [0.1, 0.15) is 11.5 Å². The average Bonchev–Trinajstić information content (AvgIpc) is 3.51. The number of benzene rings is 2. The van der Waals surface area contributed by atoms with Gasteiger partial charge in [0.2, 0.25) is 5.91 Å². The fraction of sp³-hybridized carbons (Fsp3) is 0.156. The Bertz CT molecular complexity index is 1840. The molecule has 0 aliphatic rings. The van der Waals surface area contributed by atoms with Gasteiger partial charge in [0.15, 0.2) is 0 Å². The van der Waals surface area contributed by atoms with Crippen LogP contribution in [0.15, 0.2) is 73.1 Å². The lowest BCUT2D eigenvalue weighted by molar-refractivity contribution is -0.118. The number of nitrogens with zero attached hydrogens (tertiary/aromatic N) is 2. The number of allylic oxidation sites excluding steroid dienone is 2. The van der Waals surface area contributed by atoms with Crippen molar-refractivity contribution in [2.75, 3.05) is 5.32 Å². The van der Waals surface area contributed by atoms with Gasteiger partial charge in [-0.05, 0) is 72.0 Å². The zero-order chi connectivity index (χ0) is 27.7. The molecule has 3 heterocycles. The Balaban J connectivity index is 1.50. The van der Waals surface area contributed by atoms with E-state index in [2.05, 4.69) is 32.1 Å². The van der Waals surface area contributed by atoms with Gasteiger partial charge in [0.05, 0.1) is 22.9 Å². The Labute approximate surface area is 226 Å². The molecule has 0 saturated carbocycles. The van der Waals surface area contributed by atoms with Crippen LogP contribution in [0, 0.1) is 11.7 Å². The van der Waals surface area contributed by atoms with Crippen molar-refractivity contribution in [2.24, 2.45) is 5.92 Å². The van der Waals surface area contributed by atoms with Crippen LogP contribution >= 0.6 is 0 Å². The Morgan fingerprint density at radius 2 is 1.87 bits per heavy atom. The number of rotatable bonds is 6. The number of anilines is 1. The molecule has 1 amide bonds. The summed E-state index contributed by atoms with van der Waals surface area (Å²) in [6, 6.07) is 16.5. The number of carbonyl (C=O) groups excluding carboxylic acids is 1. The van der Waals surface area contributed by atoms with Gasteiger partial charge in [-0.2, -0.15) is 5.10 Å². The number of aromatic nitrogens is 4. The first kappa shape index (κ1) is 25.9. The third kappa shape index (κ3) is 5.29. The van der Waals surface area contributed by atoms with E-state index in [1.807, 2.05) is 70.2 Å². The first-order valence-electron chi connectivity index (χ1n) is 12.8. The molecule has 0 fully saturated rings. The largest absolute Gasteiger partial charge is 0.353 e. The Kier molecular flexibility index (Phi) is 6.98. The van der Waals surface area contributed by atoms with Gasteiger partial charge in [0, 0.05) is 28.2 Å². The van der Waals surface area contributed by atoms with Crippen molar-refractivity contribution in [1.82, 2.24) is 20.2 Å². The molecule has 0 unspecified atom stereocenters. The van der Waals surface area contributed by atoms with E-state index in [0.717, 1.165) is 60.7 Å². The van der Waals surface area contributed by atoms with E-state index in [1.54, 1.807) is 18.5 Å². The summed E-state index contributed by atoms with van der Waals surface area (Å²) in [5.74, 6) is -0.435. The molecular formula is C32H30FN5O. The highest BCUT2D eigenvalue weighted by atomic mass is 19.1. The molecule has 2 aromatic carbocycles. The van der Waals surface area contributed by atoms with Crippen LogP contribution in [-0.2, 0) is 4.79 Å². The van der Waals surface area contributed by atoms with Crippen molar-refractivity contribution in [1.29, 1.82) is 0 Å². The van der Waals surface area contributed by atoms with E-state index in [1.165, 1.54) is 12.1 Å². The molecule has 0 spiro atoms. The maximum Gasteiger partial charge on any atom is 0.226 e. The minimum absolute atomic E-state index is 0.0509. The van der Waals surface area contributed by atoms with Crippen molar-refractivity contribution < 1.29 is 9.18 Å². The summed E-state index contributed by atoms with van der Waals surface area (Å²) in [6.45, 7) is 12.0. The third-order valence-electron chi connectivity index (χ3n) is 6.73. The van der Waals surface area contributed by atoms with Gasteiger partial charge >= 0.3 is 0 Å². The molecule has 5 rings (SSSR count). The Morgan fingerprint density at radius 1 is 1.08 bits per heavy atom. The molecule has 196 valence electrons. The number of amides is 1.